The zero-order chi connectivity index (χ0) is 50.6. The molecule has 1 fully saturated rings. The minimum atomic E-state index is -1.95. The molecule has 4 aromatic rings. The topological polar surface area (TPSA) is 213 Å². The third kappa shape index (κ3) is 9.42. The molecule has 11 atom stereocenters. The summed E-state index contributed by atoms with van der Waals surface area (Å²) >= 11 is 0. The van der Waals surface area contributed by atoms with Gasteiger partial charge in [0.25, 0.3) is 5.91 Å². The van der Waals surface area contributed by atoms with Crippen LogP contribution in [0, 0.1) is 42.4 Å². The fourth-order valence-electron chi connectivity index (χ4n) is 10.2. The highest BCUT2D eigenvalue weighted by Crippen LogP contribution is 2.43. The number of aliphatic hydroxyl groups is 2. The number of quaternary nitrogens is 1. The molecule has 1 saturated heterocycles. The molecule has 372 valence electrons. The number of fused-ring (bicyclic) bond motifs is 2. The van der Waals surface area contributed by atoms with Gasteiger partial charge in [0.2, 0.25) is 10.9 Å². The minimum Gasteiger partial charge on any atom is -0.507 e. The molecule has 3 aliphatic heterocycles. The van der Waals surface area contributed by atoms with Crippen molar-refractivity contribution in [2.45, 2.75) is 113 Å². The number of phenolic OH excluding ortho intramolecular Hbond substituents is 1. The number of aromatic hydroxyl groups is 1. The predicted molar refractivity (Wildman–Crippen MR) is 263 cm³/mol. The van der Waals surface area contributed by atoms with E-state index in [1.165, 1.54) is 46.3 Å². The van der Waals surface area contributed by atoms with Crippen LogP contribution in [0.5, 0.6) is 17.2 Å². The van der Waals surface area contributed by atoms with E-state index in [4.69, 9.17) is 33.1 Å². The Kier molecular flexibility index (Phi) is 14.3. The summed E-state index contributed by atoms with van der Waals surface area (Å²) in [5.74, 6) is -5.19. The fourth-order valence-corrected chi connectivity index (χ4v) is 10.2. The molecule has 69 heavy (non-hydrogen) atoms. The van der Waals surface area contributed by atoms with E-state index in [-0.39, 0.29) is 96.1 Å². The number of anilines is 1. The zero-order valence-electron chi connectivity index (χ0n) is 42.0. The largest absolute Gasteiger partial charge is 0.507 e. The van der Waals surface area contributed by atoms with Crippen LogP contribution in [0.3, 0.4) is 0 Å². The van der Waals surface area contributed by atoms with E-state index in [0.717, 1.165) is 24.0 Å². The summed E-state index contributed by atoms with van der Waals surface area (Å²) < 4.78 is 37.9. The van der Waals surface area contributed by atoms with Gasteiger partial charge in [0.15, 0.2) is 22.4 Å². The number of nitrogens with zero attached hydrogens (tertiary/aromatic N) is 2. The van der Waals surface area contributed by atoms with E-state index in [1.54, 1.807) is 31.2 Å². The number of ether oxygens (including phenoxy) is 5. The van der Waals surface area contributed by atoms with E-state index in [9.17, 15) is 34.5 Å². The van der Waals surface area contributed by atoms with Crippen LogP contribution in [0.2, 0.25) is 0 Å². The van der Waals surface area contributed by atoms with Crippen LogP contribution in [0.4, 0.5) is 5.69 Å². The van der Waals surface area contributed by atoms with Crippen LogP contribution >= 0.6 is 0 Å². The second-order valence-corrected chi connectivity index (χ2v) is 20.3. The van der Waals surface area contributed by atoms with Gasteiger partial charge >= 0.3 is 11.8 Å². The normalized spacial score (nSPS) is 31.9. The molecule has 4 bridgehead atoms. The number of nitrogens with one attached hydrogen (secondary N) is 1. The van der Waals surface area contributed by atoms with Crippen molar-refractivity contribution < 1.29 is 57.5 Å². The lowest BCUT2D eigenvalue weighted by Gasteiger charge is -2.39. The summed E-state index contributed by atoms with van der Waals surface area (Å²) in [4.78, 5) is 60.2. The molecule has 3 aromatic carbocycles. The second kappa shape index (κ2) is 19.4. The standard InChI is InChI=1S/C53H67N3O13/c1-25(2)56(12)19-17-34(23-56)24-65-35-21-36(58)42-38(22-35)68-50-43(54-42)39-40-46(60)32(9)49-41(39)51(62)53(11,69-49)66-20-18-37(64-13)31(8)48(67-33(10)57)30(7)28(5)29(6)45(59)26(3)15-14-16-27(4)52(63)55-44(50)47(40)61/h14-16,18,20-22,25-26,28-31,34,37,45,48,59H,17,19,23-24H2,1-13H3,(H2-,54,55,58,60,61,62,63)/p+1/b15-14+,20-18+,27-16-/t26-,28+,29-,30+,31+,34?,37-,45-,48-,53-,56?/m0/s1. The lowest BCUT2D eigenvalue weighted by atomic mass is 9.73. The molecule has 16 nitrogen and oxygen atoms in total. The number of carbonyl (C=O) groups excluding carboxylic acids is 2. The van der Waals surface area contributed by atoms with E-state index in [1.807, 2.05) is 34.6 Å². The molecule has 0 radical (unpaired) electrons. The Hall–Kier alpha value is -5.97. The number of benzene rings is 3. The van der Waals surface area contributed by atoms with Gasteiger partial charge in [-0.25, -0.2) is 4.98 Å². The van der Waals surface area contributed by atoms with Crippen molar-refractivity contribution in [3.63, 3.8) is 0 Å². The molecule has 0 spiro atoms. The summed E-state index contributed by atoms with van der Waals surface area (Å²) in [7, 11) is 3.73. The molecule has 1 aromatic heterocycles. The molecule has 4 N–H and O–H groups in total. The number of methoxy groups -OCH3 is 1. The highest BCUT2D eigenvalue weighted by Gasteiger charge is 2.44. The smallest absolute Gasteiger partial charge is 0.307 e. The Bertz CT molecular complexity index is 2960. The highest BCUT2D eigenvalue weighted by molar-refractivity contribution is 6.16. The van der Waals surface area contributed by atoms with Crippen molar-refractivity contribution in [2.24, 2.45) is 35.5 Å². The fraction of sp³-hybridized carbons (Fsp3) is 0.528. The van der Waals surface area contributed by atoms with Gasteiger partial charge < -0.3 is 53.2 Å². The number of esters is 1. The average Bonchev–Trinajstić information content (AvgIpc) is 3.83. The number of hydrogen-bond acceptors (Lipinski definition) is 14. The van der Waals surface area contributed by atoms with Crippen molar-refractivity contribution in [3.8, 4) is 17.2 Å². The molecular formula is C53H68N3O13+. The number of carbonyl (C=O) groups is 2. The van der Waals surface area contributed by atoms with Crippen LogP contribution in [-0.2, 0) is 23.8 Å². The van der Waals surface area contributed by atoms with E-state index >= 15 is 0 Å². The molecular weight excluding hydrogens is 887 g/mol. The monoisotopic (exact) mass is 954 g/mol. The van der Waals surface area contributed by atoms with Crippen molar-refractivity contribution in [1.82, 2.24) is 4.98 Å². The number of likely N-dealkylation sites (tertiary alicyclic amines) is 1. The first-order valence-electron chi connectivity index (χ1n) is 23.8. The Morgan fingerprint density at radius 3 is 2.36 bits per heavy atom. The molecule has 1 amide bonds. The van der Waals surface area contributed by atoms with Gasteiger partial charge in [0.05, 0.1) is 61.9 Å². The van der Waals surface area contributed by atoms with Gasteiger partial charge in [0.1, 0.15) is 34.6 Å². The molecule has 2 unspecified atom stereocenters. The van der Waals surface area contributed by atoms with Gasteiger partial charge in [-0.05, 0) is 51.5 Å². The number of rotatable bonds is 6. The van der Waals surface area contributed by atoms with Crippen LogP contribution in [0.1, 0.15) is 81.2 Å². The van der Waals surface area contributed by atoms with Gasteiger partial charge in [0, 0.05) is 73.8 Å². The first-order valence-corrected chi connectivity index (χ1v) is 23.8. The van der Waals surface area contributed by atoms with Crippen LogP contribution in [-0.4, -0.2) is 101 Å². The SMILES string of the molecule is CO[C@H]1/C=C/O[C@@]2(C)Oc3c(C)c(O)c4c(=O)c(c5oc6cc(OCC7CC[N+](C)(C(C)C)C7)cc(=O)c6nc5c4c3=C2O)NC(=O)/C(C)=C\C=C\[C@H](C)[C@H](O)[C@@H](C)[C@@H](C)[C@@H](C)[C@H](OC(C)=O)[C@@H]1C. The van der Waals surface area contributed by atoms with E-state index in [0.29, 0.717) is 12.6 Å². The number of phenols is 1. The minimum absolute atomic E-state index is 0.0316. The quantitative estimate of drug-likeness (QED) is 0.0658. The lowest BCUT2D eigenvalue weighted by Crippen LogP contribution is -2.47. The third-order valence-electron chi connectivity index (χ3n) is 15.4. The van der Waals surface area contributed by atoms with Crippen LogP contribution in [0.15, 0.2) is 62.3 Å². The lowest BCUT2D eigenvalue weighted by molar-refractivity contribution is -0.919. The first kappa shape index (κ1) is 50.9. The second-order valence-electron chi connectivity index (χ2n) is 20.3. The molecule has 16 heteroatoms. The molecule has 0 aliphatic carbocycles. The van der Waals surface area contributed by atoms with Gasteiger partial charge in [-0.1, -0.05) is 52.8 Å². The number of aromatic nitrogens is 1. The highest BCUT2D eigenvalue weighted by atomic mass is 16.7. The van der Waals surface area contributed by atoms with Crippen LogP contribution < -0.4 is 30.9 Å². The summed E-state index contributed by atoms with van der Waals surface area (Å²) in [5.41, 5.74) is -2.10. The van der Waals surface area contributed by atoms with Gasteiger partial charge in [-0.3, -0.25) is 19.2 Å². The van der Waals surface area contributed by atoms with E-state index < -0.39 is 64.3 Å². The van der Waals surface area contributed by atoms with Crippen molar-refractivity contribution in [2.75, 3.05) is 39.2 Å². The van der Waals surface area contributed by atoms with Gasteiger partial charge in [-0.2, -0.15) is 0 Å². The first-order chi connectivity index (χ1) is 32.4. The molecule has 4 heterocycles. The Morgan fingerprint density at radius 1 is 1.00 bits per heavy atom. The third-order valence-corrected chi connectivity index (χ3v) is 15.4. The molecule has 3 aliphatic rings. The Morgan fingerprint density at radius 2 is 1.71 bits per heavy atom. The average molecular weight is 955 g/mol. The Labute approximate surface area is 401 Å². The maximum Gasteiger partial charge on any atom is 0.307 e. The van der Waals surface area contributed by atoms with Crippen LogP contribution in [0.25, 0.3) is 38.7 Å². The molecule has 0 saturated carbocycles. The van der Waals surface area contributed by atoms with Crippen molar-refractivity contribution in [1.29, 1.82) is 0 Å². The summed E-state index contributed by atoms with van der Waals surface area (Å²) in [6.45, 7) is 22.2. The Balaban J connectivity index is 1.43. The summed E-state index contributed by atoms with van der Waals surface area (Å²) in [6, 6.07) is 3.28. The summed E-state index contributed by atoms with van der Waals surface area (Å²) in [6.07, 6.45) is 6.64. The number of amides is 1. The van der Waals surface area contributed by atoms with Crippen molar-refractivity contribution in [3.05, 3.63) is 79.5 Å². The number of hydrogen-bond donors (Lipinski definition) is 4. The maximum atomic E-state index is 14.9. The number of aliphatic hydroxyl groups excluding tert-OH is 2. The number of allylic oxidation sites excluding steroid dienone is 2. The van der Waals surface area contributed by atoms with Gasteiger partial charge in [-0.15, -0.1) is 0 Å². The predicted octanol–water partition coefficient (Wildman–Crippen LogP) is 7.09. The summed E-state index contributed by atoms with van der Waals surface area (Å²) in [5, 5.41) is 37.9. The maximum absolute atomic E-state index is 14.9. The van der Waals surface area contributed by atoms with Crippen molar-refractivity contribution >= 4 is 56.3 Å². The van der Waals surface area contributed by atoms with E-state index in [2.05, 4.69) is 26.2 Å². The zero-order valence-corrected chi connectivity index (χ0v) is 42.0. The molecule has 7 rings (SSSR count).